The van der Waals surface area contributed by atoms with Gasteiger partial charge in [0.25, 0.3) is 0 Å². The van der Waals surface area contributed by atoms with Gasteiger partial charge in [0.05, 0.1) is 13.2 Å². The van der Waals surface area contributed by atoms with Gasteiger partial charge in [0.1, 0.15) is 5.82 Å². The standard InChI is InChI=1S/C25H27F3N2O2/c1-15-6-21(30-5-4-17-8-20(26)3-2-18(17)12-30)9-22(19-13-32-14-19)24(15)29-23(31)7-16-10-25(27,28)11-16/h2-3,6,8-9,16,19H,4-5,7,10-14H2,1H3,(H,29,31). The Labute approximate surface area is 185 Å². The lowest BCUT2D eigenvalue weighted by Crippen LogP contribution is -2.37. The first kappa shape index (κ1) is 21.3. The average molecular weight is 444 g/mol. The summed E-state index contributed by atoms with van der Waals surface area (Å²) < 4.78 is 45.2. The predicted octanol–water partition coefficient (Wildman–Crippen LogP) is 5.18. The monoisotopic (exact) mass is 444 g/mol. The van der Waals surface area contributed by atoms with E-state index in [0.29, 0.717) is 19.8 Å². The summed E-state index contributed by atoms with van der Waals surface area (Å²) in [6.45, 7) is 4.66. The molecule has 2 heterocycles. The highest BCUT2D eigenvalue weighted by atomic mass is 19.3. The van der Waals surface area contributed by atoms with Gasteiger partial charge in [-0.05, 0) is 65.8 Å². The van der Waals surface area contributed by atoms with E-state index >= 15 is 0 Å². The third-order valence-electron chi connectivity index (χ3n) is 6.89. The van der Waals surface area contributed by atoms with Crippen LogP contribution in [0, 0.1) is 18.7 Å². The van der Waals surface area contributed by atoms with Crippen LogP contribution in [-0.2, 0) is 22.5 Å². The summed E-state index contributed by atoms with van der Waals surface area (Å²) >= 11 is 0. The Hall–Kier alpha value is -2.54. The highest BCUT2D eigenvalue weighted by Gasteiger charge is 2.45. The molecule has 0 spiro atoms. The maximum absolute atomic E-state index is 13.5. The minimum absolute atomic E-state index is 0.122. The molecule has 3 aliphatic rings. The van der Waals surface area contributed by atoms with Gasteiger partial charge in [-0.3, -0.25) is 4.79 Å². The lowest BCUT2D eigenvalue weighted by atomic mass is 9.79. The van der Waals surface area contributed by atoms with Crippen LogP contribution < -0.4 is 10.2 Å². The SMILES string of the molecule is Cc1cc(N2CCc3cc(F)ccc3C2)cc(C2COC2)c1NC(=O)CC1CC(F)(F)C1. The van der Waals surface area contributed by atoms with Crippen LogP contribution >= 0.6 is 0 Å². The van der Waals surface area contributed by atoms with Crippen molar-refractivity contribution in [2.75, 3.05) is 30.0 Å². The van der Waals surface area contributed by atoms with Gasteiger partial charge in [0.2, 0.25) is 11.8 Å². The molecule has 4 nitrogen and oxygen atoms in total. The molecule has 0 unspecified atom stereocenters. The van der Waals surface area contributed by atoms with Gasteiger partial charge in [0, 0.05) is 49.6 Å². The molecule has 170 valence electrons. The van der Waals surface area contributed by atoms with Crippen molar-refractivity contribution in [1.82, 2.24) is 0 Å². The van der Waals surface area contributed by atoms with Crippen LogP contribution in [0.2, 0.25) is 0 Å². The molecule has 1 amide bonds. The molecule has 0 atom stereocenters. The lowest BCUT2D eigenvalue weighted by Gasteiger charge is -2.35. The van der Waals surface area contributed by atoms with Crippen LogP contribution in [0.5, 0.6) is 0 Å². The van der Waals surface area contributed by atoms with Crippen LogP contribution in [0.15, 0.2) is 30.3 Å². The molecule has 1 saturated heterocycles. The number of hydrogen-bond donors (Lipinski definition) is 1. The Morgan fingerprint density at radius 2 is 1.97 bits per heavy atom. The largest absolute Gasteiger partial charge is 0.380 e. The first-order valence-corrected chi connectivity index (χ1v) is 11.2. The number of carbonyl (C=O) groups excluding carboxylic acids is 1. The van der Waals surface area contributed by atoms with Gasteiger partial charge >= 0.3 is 0 Å². The molecule has 0 aromatic heterocycles. The molecule has 7 heteroatoms. The van der Waals surface area contributed by atoms with Crippen molar-refractivity contribution >= 4 is 17.3 Å². The van der Waals surface area contributed by atoms with Crippen molar-refractivity contribution < 1.29 is 22.7 Å². The van der Waals surface area contributed by atoms with E-state index in [4.69, 9.17) is 4.74 Å². The van der Waals surface area contributed by atoms with Crippen molar-refractivity contribution in [2.45, 2.75) is 51.0 Å². The minimum atomic E-state index is -2.62. The fourth-order valence-electron chi connectivity index (χ4n) is 5.01. The van der Waals surface area contributed by atoms with E-state index in [9.17, 15) is 18.0 Å². The van der Waals surface area contributed by atoms with Gasteiger partial charge < -0.3 is 15.0 Å². The Morgan fingerprint density at radius 3 is 2.66 bits per heavy atom. The zero-order valence-electron chi connectivity index (χ0n) is 18.1. The molecular formula is C25H27F3N2O2. The van der Waals surface area contributed by atoms with Gasteiger partial charge in [-0.15, -0.1) is 0 Å². The number of ether oxygens (including phenoxy) is 1. The molecule has 1 aliphatic carbocycles. The number of carbonyl (C=O) groups is 1. The molecule has 0 bridgehead atoms. The predicted molar refractivity (Wildman–Crippen MR) is 117 cm³/mol. The quantitative estimate of drug-likeness (QED) is 0.691. The number of halogens is 3. The second kappa shape index (κ2) is 8.10. The third kappa shape index (κ3) is 4.22. The summed E-state index contributed by atoms with van der Waals surface area (Å²) in [6, 6.07) is 9.14. The third-order valence-corrected chi connectivity index (χ3v) is 6.89. The number of fused-ring (bicyclic) bond motifs is 1. The number of aryl methyl sites for hydroxylation is 1. The summed E-state index contributed by atoms with van der Waals surface area (Å²) in [5.41, 5.74) is 5.99. The first-order chi connectivity index (χ1) is 15.3. The highest BCUT2D eigenvalue weighted by Crippen LogP contribution is 2.44. The zero-order valence-corrected chi connectivity index (χ0v) is 18.1. The van der Waals surface area contributed by atoms with Gasteiger partial charge in [0.15, 0.2) is 0 Å². The number of rotatable bonds is 5. The molecular weight excluding hydrogens is 417 g/mol. The van der Waals surface area contributed by atoms with Crippen molar-refractivity contribution in [3.05, 3.63) is 58.4 Å². The molecule has 1 saturated carbocycles. The molecule has 1 N–H and O–H groups in total. The molecule has 2 fully saturated rings. The van der Waals surface area contributed by atoms with Crippen LogP contribution in [0.3, 0.4) is 0 Å². The zero-order chi connectivity index (χ0) is 22.5. The van der Waals surface area contributed by atoms with E-state index in [1.807, 2.05) is 13.0 Å². The molecule has 2 aromatic rings. The fraction of sp³-hybridized carbons (Fsp3) is 0.480. The minimum Gasteiger partial charge on any atom is -0.380 e. The van der Waals surface area contributed by atoms with Crippen molar-refractivity contribution in [2.24, 2.45) is 5.92 Å². The first-order valence-electron chi connectivity index (χ1n) is 11.2. The number of anilines is 2. The van der Waals surface area contributed by atoms with E-state index in [0.717, 1.165) is 46.6 Å². The number of benzene rings is 2. The Balaban J connectivity index is 1.36. The molecule has 0 radical (unpaired) electrons. The molecule has 5 rings (SSSR count). The summed E-state index contributed by atoms with van der Waals surface area (Å²) in [5, 5.41) is 3.01. The van der Waals surface area contributed by atoms with Crippen LogP contribution in [0.4, 0.5) is 24.5 Å². The second-order valence-electron chi connectivity index (χ2n) is 9.43. The summed E-state index contributed by atoms with van der Waals surface area (Å²) in [7, 11) is 0. The molecule has 2 aromatic carbocycles. The number of amides is 1. The van der Waals surface area contributed by atoms with E-state index in [1.165, 1.54) is 6.07 Å². The molecule has 2 aliphatic heterocycles. The number of nitrogens with one attached hydrogen (secondary N) is 1. The smallest absolute Gasteiger partial charge is 0.248 e. The second-order valence-corrected chi connectivity index (χ2v) is 9.43. The molecule has 32 heavy (non-hydrogen) atoms. The van der Waals surface area contributed by atoms with Crippen LogP contribution in [0.25, 0.3) is 0 Å². The van der Waals surface area contributed by atoms with E-state index in [2.05, 4.69) is 22.3 Å². The summed E-state index contributed by atoms with van der Waals surface area (Å²) in [5.74, 6) is -3.08. The van der Waals surface area contributed by atoms with Crippen LogP contribution in [0.1, 0.15) is 47.4 Å². The summed E-state index contributed by atoms with van der Waals surface area (Å²) in [6.07, 6.45) is 0.485. The van der Waals surface area contributed by atoms with E-state index in [1.54, 1.807) is 6.07 Å². The topological polar surface area (TPSA) is 41.6 Å². The van der Waals surface area contributed by atoms with Crippen molar-refractivity contribution in [1.29, 1.82) is 0 Å². The highest BCUT2D eigenvalue weighted by molar-refractivity contribution is 5.93. The van der Waals surface area contributed by atoms with Crippen molar-refractivity contribution in [3.63, 3.8) is 0 Å². The normalized spacial score (nSPS) is 20.3. The average Bonchev–Trinajstić information content (AvgIpc) is 2.67. The van der Waals surface area contributed by atoms with Gasteiger partial charge in [-0.25, -0.2) is 13.2 Å². The Bertz CT molecular complexity index is 1040. The lowest BCUT2D eigenvalue weighted by molar-refractivity contribution is -0.129. The summed E-state index contributed by atoms with van der Waals surface area (Å²) in [4.78, 5) is 14.9. The maximum atomic E-state index is 13.5. The van der Waals surface area contributed by atoms with Crippen molar-refractivity contribution in [3.8, 4) is 0 Å². The number of hydrogen-bond acceptors (Lipinski definition) is 3. The van der Waals surface area contributed by atoms with E-state index < -0.39 is 5.92 Å². The van der Waals surface area contributed by atoms with Gasteiger partial charge in [-0.1, -0.05) is 6.07 Å². The number of nitrogens with zero attached hydrogens (tertiary/aromatic N) is 1. The number of alkyl halides is 2. The van der Waals surface area contributed by atoms with Crippen LogP contribution in [-0.4, -0.2) is 31.6 Å². The fourth-order valence-corrected chi connectivity index (χ4v) is 5.01. The van der Waals surface area contributed by atoms with E-state index in [-0.39, 0.29) is 42.8 Å². The Morgan fingerprint density at radius 1 is 1.19 bits per heavy atom. The van der Waals surface area contributed by atoms with Gasteiger partial charge in [-0.2, -0.15) is 0 Å². The maximum Gasteiger partial charge on any atom is 0.248 e. The Kier molecular flexibility index (Phi) is 5.40.